The number of rotatable bonds is 5. The van der Waals surface area contributed by atoms with Gasteiger partial charge in [-0.3, -0.25) is 9.80 Å². The Labute approximate surface area is 156 Å². The second kappa shape index (κ2) is 7.99. The molecule has 0 unspecified atom stereocenters. The minimum absolute atomic E-state index is 0.274. The van der Waals surface area contributed by atoms with E-state index in [9.17, 15) is 5.11 Å². The molecule has 4 rings (SSSR count). The fourth-order valence-electron chi connectivity index (χ4n) is 4.69. The Bertz CT molecular complexity index is 744. The summed E-state index contributed by atoms with van der Waals surface area (Å²) >= 11 is 0. The molecule has 1 aromatic carbocycles. The lowest BCUT2D eigenvalue weighted by molar-refractivity contribution is 0.0262. The smallest absolute Gasteiger partial charge is 0.0890 e. The molecule has 2 fully saturated rings. The molecule has 1 atom stereocenters. The maximum atomic E-state index is 9.55. The monoisotopic (exact) mass is 354 g/mol. The highest BCUT2D eigenvalue weighted by molar-refractivity contribution is 5.74. The van der Waals surface area contributed by atoms with Gasteiger partial charge in [0.05, 0.1) is 22.4 Å². The zero-order valence-corrected chi connectivity index (χ0v) is 15.8. The third kappa shape index (κ3) is 3.75. The molecular weight excluding hydrogens is 324 g/mol. The van der Waals surface area contributed by atoms with Crippen LogP contribution >= 0.6 is 0 Å². The highest BCUT2D eigenvalue weighted by atomic mass is 16.3. The summed E-state index contributed by atoms with van der Waals surface area (Å²) in [5, 5.41) is 9.55. The molecule has 0 bridgehead atoms. The van der Waals surface area contributed by atoms with Crippen LogP contribution in [0.5, 0.6) is 0 Å². The Balaban J connectivity index is 1.47. The van der Waals surface area contributed by atoms with Gasteiger partial charge in [-0.2, -0.15) is 0 Å². The summed E-state index contributed by atoms with van der Waals surface area (Å²) in [6.07, 6.45) is 6.26. The minimum Gasteiger partial charge on any atom is -0.396 e. The number of piperazine rings is 1. The van der Waals surface area contributed by atoms with E-state index in [2.05, 4.69) is 16.7 Å². The molecule has 2 aromatic rings. The molecular formula is C21H30N4O. The molecule has 1 aromatic heterocycles. The van der Waals surface area contributed by atoms with Gasteiger partial charge in [0.15, 0.2) is 0 Å². The zero-order chi connectivity index (χ0) is 17.9. The van der Waals surface area contributed by atoms with Crippen LogP contribution in [0.15, 0.2) is 24.3 Å². The largest absolute Gasteiger partial charge is 0.396 e. The van der Waals surface area contributed by atoms with E-state index >= 15 is 0 Å². The molecule has 0 spiro atoms. The summed E-state index contributed by atoms with van der Waals surface area (Å²) in [4.78, 5) is 14.8. The summed E-state index contributed by atoms with van der Waals surface area (Å²) in [5.41, 5.74) is 4.06. The molecule has 1 saturated carbocycles. The Kier molecular flexibility index (Phi) is 5.48. The molecule has 2 heterocycles. The van der Waals surface area contributed by atoms with Crippen molar-refractivity contribution in [2.24, 2.45) is 0 Å². The highest BCUT2D eigenvalue weighted by Gasteiger charge is 2.33. The van der Waals surface area contributed by atoms with Crippen LogP contribution in [0, 0.1) is 6.92 Å². The van der Waals surface area contributed by atoms with Gasteiger partial charge in [0.1, 0.15) is 0 Å². The highest BCUT2D eigenvalue weighted by Crippen LogP contribution is 2.28. The molecule has 140 valence electrons. The minimum atomic E-state index is 0.274. The predicted octanol–water partition coefficient (Wildman–Crippen LogP) is 2.75. The van der Waals surface area contributed by atoms with Gasteiger partial charge in [-0.1, -0.05) is 25.0 Å². The molecule has 1 saturated heterocycles. The number of hydrogen-bond acceptors (Lipinski definition) is 5. The topological polar surface area (TPSA) is 52.5 Å². The van der Waals surface area contributed by atoms with Crippen LogP contribution in [0.25, 0.3) is 11.0 Å². The van der Waals surface area contributed by atoms with Crippen LogP contribution in [0.1, 0.15) is 43.5 Å². The fourth-order valence-corrected chi connectivity index (χ4v) is 4.69. The lowest BCUT2D eigenvalue weighted by atomic mass is 10.0. The lowest BCUT2D eigenvalue weighted by Crippen LogP contribution is -2.56. The number of para-hydroxylation sites is 2. The summed E-state index contributed by atoms with van der Waals surface area (Å²) in [7, 11) is 0. The van der Waals surface area contributed by atoms with Crippen molar-refractivity contribution in [3.05, 3.63) is 35.7 Å². The first-order chi connectivity index (χ1) is 12.7. The van der Waals surface area contributed by atoms with E-state index < -0.39 is 0 Å². The summed E-state index contributed by atoms with van der Waals surface area (Å²) in [5.74, 6) is 0. The number of aliphatic hydroxyl groups excluding tert-OH is 1. The van der Waals surface area contributed by atoms with Gasteiger partial charge in [-0.15, -0.1) is 0 Å². The van der Waals surface area contributed by atoms with E-state index in [1.807, 2.05) is 24.3 Å². The molecule has 1 aliphatic carbocycles. The van der Waals surface area contributed by atoms with Gasteiger partial charge >= 0.3 is 0 Å². The molecule has 0 amide bonds. The Morgan fingerprint density at radius 1 is 1.08 bits per heavy atom. The van der Waals surface area contributed by atoms with Gasteiger partial charge < -0.3 is 5.11 Å². The van der Waals surface area contributed by atoms with Crippen LogP contribution in [0.4, 0.5) is 0 Å². The van der Waals surface area contributed by atoms with E-state index in [1.54, 1.807) is 0 Å². The van der Waals surface area contributed by atoms with E-state index in [4.69, 9.17) is 9.97 Å². The second-order valence-electron chi connectivity index (χ2n) is 7.82. The fraction of sp³-hybridized carbons (Fsp3) is 0.619. The van der Waals surface area contributed by atoms with Crippen LogP contribution in [-0.4, -0.2) is 63.2 Å². The maximum absolute atomic E-state index is 9.55. The standard InChI is InChI=1S/C21H30N4O/c1-16-21(23-20-9-5-4-8-19(20)22-16)15-24-11-12-25(17-6-2-3-7-17)18(14-24)10-13-26/h4-5,8-9,17-18,26H,2-3,6-7,10-15H2,1H3/t18-/m0/s1. The first-order valence-electron chi connectivity index (χ1n) is 10.1. The van der Waals surface area contributed by atoms with E-state index in [-0.39, 0.29) is 6.61 Å². The summed E-state index contributed by atoms with van der Waals surface area (Å²) < 4.78 is 0. The molecule has 1 aliphatic heterocycles. The average Bonchev–Trinajstić information content (AvgIpc) is 3.17. The van der Waals surface area contributed by atoms with Gasteiger partial charge in [-0.05, 0) is 38.3 Å². The second-order valence-corrected chi connectivity index (χ2v) is 7.82. The van der Waals surface area contributed by atoms with Crippen LogP contribution in [0.2, 0.25) is 0 Å². The third-order valence-corrected chi connectivity index (χ3v) is 6.08. The van der Waals surface area contributed by atoms with Gasteiger partial charge in [0.2, 0.25) is 0 Å². The third-order valence-electron chi connectivity index (χ3n) is 6.08. The van der Waals surface area contributed by atoms with Crippen molar-refractivity contribution < 1.29 is 5.11 Å². The van der Waals surface area contributed by atoms with Crippen molar-refractivity contribution in [3.8, 4) is 0 Å². The summed E-state index contributed by atoms with van der Waals surface area (Å²) in [6.45, 7) is 6.39. The van der Waals surface area contributed by atoms with Crippen LogP contribution < -0.4 is 0 Å². The van der Waals surface area contributed by atoms with Gasteiger partial charge in [0.25, 0.3) is 0 Å². The molecule has 1 N–H and O–H groups in total. The Morgan fingerprint density at radius 2 is 1.81 bits per heavy atom. The van der Waals surface area contributed by atoms with Crippen molar-refractivity contribution in [2.75, 3.05) is 26.2 Å². The normalized spacial score (nSPS) is 23.1. The first-order valence-corrected chi connectivity index (χ1v) is 10.1. The molecule has 2 aliphatic rings. The number of aromatic nitrogens is 2. The van der Waals surface area contributed by atoms with E-state index in [0.29, 0.717) is 6.04 Å². The first kappa shape index (κ1) is 17.8. The van der Waals surface area contributed by atoms with Crippen molar-refractivity contribution in [2.45, 2.75) is 57.7 Å². The van der Waals surface area contributed by atoms with E-state index in [0.717, 1.165) is 61.1 Å². The van der Waals surface area contributed by atoms with E-state index in [1.165, 1.54) is 25.7 Å². The number of benzene rings is 1. The molecule has 5 heteroatoms. The number of nitrogens with zero attached hydrogens (tertiary/aromatic N) is 4. The summed E-state index contributed by atoms with van der Waals surface area (Å²) in [6, 6.07) is 9.29. The number of aliphatic hydroxyl groups is 1. The zero-order valence-electron chi connectivity index (χ0n) is 15.8. The molecule has 26 heavy (non-hydrogen) atoms. The van der Waals surface area contributed by atoms with Gasteiger partial charge in [0, 0.05) is 44.9 Å². The number of fused-ring (bicyclic) bond motifs is 1. The molecule has 5 nitrogen and oxygen atoms in total. The van der Waals surface area contributed by atoms with Crippen molar-refractivity contribution in [1.29, 1.82) is 0 Å². The predicted molar refractivity (Wildman–Crippen MR) is 104 cm³/mol. The lowest BCUT2D eigenvalue weighted by Gasteiger charge is -2.44. The van der Waals surface area contributed by atoms with Crippen molar-refractivity contribution in [3.63, 3.8) is 0 Å². The van der Waals surface area contributed by atoms with Crippen molar-refractivity contribution in [1.82, 2.24) is 19.8 Å². The number of hydrogen-bond donors (Lipinski definition) is 1. The Hall–Kier alpha value is -1.56. The SMILES string of the molecule is Cc1nc2ccccc2nc1CN1CCN(C2CCCC2)[C@@H](CCO)C1. The molecule has 0 radical (unpaired) electrons. The average molecular weight is 354 g/mol. The van der Waals surface area contributed by atoms with Crippen LogP contribution in [-0.2, 0) is 6.54 Å². The van der Waals surface area contributed by atoms with Gasteiger partial charge in [-0.25, -0.2) is 9.97 Å². The number of aryl methyl sites for hydroxylation is 1. The van der Waals surface area contributed by atoms with Crippen molar-refractivity contribution >= 4 is 11.0 Å². The van der Waals surface area contributed by atoms with Crippen LogP contribution in [0.3, 0.4) is 0 Å². The Morgan fingerprint density at radius 3 is 2.54 bits per heavy atom. The maximum Gasteiger partial charge on any atom is 0.0890 e. The quantitative estimate of drug-likeness (QED) is 0.895.